The van der Waals surface area contributed by atoms with Crippen molar-refractivity contribution >= 4 is 43.3 Å². The van der Waals surface area contributed by atoms with Gasteiger partial charge < -0.3 is 15.6 Å². The number of primary amides is 1. The third-order valence-corrected chi connectivity index (χ3v) is 5.62. The second-order valence-corrected chi connectivity index (χ2v) is 8.19. The molecule has 0 heterocycles. The third kappa shape index (κ3) is 3.82. The van der Waals surface area contributed by atoms with Crippen LogP contribution in [0.1, 0.15) is 15.9 Å². The molecule has 0 radical (unpaired) electrons. The van der Waals surface area contributed by atoms with Crippen molar-refractivity contribution < 1.29 is 23.1 Å². The molecule has 0 aliphatic carbocycles. The van der Waals surface area contributed by atoms with Gasteiger partial charge in [0.1, 0.15) is 16.4 Å². The predicted octanol–water partition coefficient (Wildman–Crippen LogP) is 2.89. The van der Waals surface area contributed by atoms with Crippen molar-refractivity contribution in [1.82, 2.24) is 0 Å². The molecule has 24 heavy (non-hydrogen) atoms. The maximum absolute atomic E-state index is 12.7. The molecule has 0 unspecified atom stereocenters. The molecule has 1 amide bonds. The van der Waals surface area contributed by atoms with Crippen LogP contribution in [0.2, 0.25) is 5.02 Å². The number of sulfone groups is 1. The molecule has 9 heteroatoms. The lowest BCUT2D eigenvalue weighted by atomic mass is 10.1. The van der Waals surface area contributed by atoms with Gasteiger partial charge in [0.25, 0.3) is 5.91 Å². The Kier molecular flexibility index (Phi) is 5.42. The highest BCUT2D eigenvalue weighted by Crippen LogP contribution is 2.33. The lowest BCUT2D eigenvalue weighted by Crippen LogP contribution is -2.13. The van der Waals surface area contributed by atoms with Gasteiger partial charge in [-0.2, -0.15) is 0 Å². The monoisotopic (exact) mass is 433 g/mol. The zero-order valence-corrected chi connectivity index (χ0v) is 15.6. The maximum atomic E-state index is 12.7. The summed E-state index contributed by atoms with van der Waals surface area (Å²) in [5.41, 5.74) is 4.89. The average molecular weight is 435 g/mol. The van der Waals surface area contributed by atoms with Crippen molar-refractivity contribution in [2.24, 2.45) is 5.73 Å². The number of phenols is 1. The number of hydrogen-bond donors (Lipinski definition) is 2. The van der Waals surface area contributed by atoms with Crippen molar-refractivity contribution in [3.05, 3.63) is 51.0 Å². The van der Waals surface area contributed by atoms with Gasteiger partial charge in [0, 0.05) is 15.1 Å². The van der Waals surface area contributed by atoms with E-state index in [-0.39, 0.29) is 26.8 Å². The number of carbonyl (C=O) groups is 1. The van der Waals surface area contributed by atoms with Crippen molar-refractivity contribution in [3.8, 4) is 11.5 Å². The second-order valence-electron chi connectivity index (χ2n) is 4.88. The summed E-state index contributed by atoms with van der Waals surface area (Å²) in [5.74, 6) is -1.83. The molecule has 0 saturated carbocycles. The Balaban J connectivity index is 2.55. The van der Waals surface area contributed by atoms with Crippen LogP contribution in [0.25, 0.3) is 0 Å². The third-order valence-electron chi connectivity index (χ3n) is 3.23. The van der Waals surface area contributed by atoms with Crippen LogP contribution in [0.15, 0.2) is 39.7 Å². The van der Waals surface area contributed by atoms with E-state index in [1.807, 2.05) is 0 Å². The molecule has 6 nitrogen and oxygen atoms in total. The number of benzene rings is 2. The van der Waals surface area contributed by atoms with Crippen LogP contribution in [0.3, 0.4) is 0 Å². The average Bonchev–Trinajstić information content (AvgIpc) is 2.50. The SMILES string of the molecule is COc1ccc(Br)cc1S(=O)(=O)Cc1cc(Cl)cc(C(N)=O)c1O. The van der Waals surface area contributed by atoms with Gasteiger partial charge in [-0.25, -0.2) is 8.42 Å². The fraction of sp³-hybridized carbons (Fsp3) is 0.133. The Morgan fingerprint density at radius 1 is 1.33 bits per heavy atom. The normalized spacial score (nSPS) is 11.3. The van der Waals surface area contributed by atoms with E-state index < -0.39 is 27.2 Å². The Hall–Kier alpha value is -1.77. The summed E-state index contributed by atoms with van der Waals surface area (Å²) in [7, 11) is -2.53. The van der Waals surface area contributed by atoms with E-state index in [4.69, 9.17) is 22.1 Å². The predicted molar refractivity (Wildman–Crippen MR) is 93.2 cm³/mol. The summed E-state index contributed by atoms with van der Waals surface area (Å²) in [6.45, 7) is 0. The zero-order chi connectivity index (χ0) is 18.1. The van der Waals surface area contributed by atoms with Gasteiger partial charge in [-0.15, -0.1) is 0 Å². The fourth-order valence-electron chi connectivity index (χ4n) is 2.13. The highest BCUT2D eigenvalue weighted by molar-refractivity contribution is 9.10. The summed E-state index contributed by atoms with van der Waals surface area (Å²) in [4.78, 5) is 11.3. The summed E-state index contributed by atoms with van der Waals surface area (Å²) in [5, 5.41) is 10.2. The van der Waals surface area contributed by atoms with Crippen LogP contribution >= 0.6 is 27.5 Å². The summed E-state index contributed by atoms with van der Waals surface area (Å²) < 4.78 is 31.0. The first-order valence-electron chi connectivity index (χ1n) is 6.53. The Labute approximate surface area is 152 Å². The topological polar surface area (TPSA) is 107 Å². The van der Waals surface area contributed by atoms with E-state index in [0.717, 1.165) is 0 Å². The summed E-state index contributed by atoms with van der Waals surface area (Å²) >= 11 is 9.09. The number of ether oxygens (including phenoxy) is 1. The number of carbonyl (C=O) groups excluding carboxylic acids is 1. The van der Waals surface area contributed by atoms with E-state index in [0.29, 0.717) is 4.47 Å². The van der Waals surface area contributed by atoms with Crippen LogP contribution in [0, 0.1) is 0 Å². The number of nitrogens with two attached hydrogens (primary N) is 1. The molecule has 0 atom stereocenters. The maximum Gasteiger partial charge on any atom is 0.252 e. The van der Waals surface area contributed by atoms with Gasteiger partial charge in [0.15, 0.2) is 9.84 Å². The van der Waals surface area contributed by atoms with Crippen molar-refractivity contribution in [2.45, 2.75) is 10.6 Å². The molecule has 0 aromatic heterocycles. The minimum Gasteiger partial charge on any atom is -0.507 e. The molecule has 2 rings (SSSR count). The molecule has 128 valence electrons. The van der Waals surface area contributed by atoms with E-state index in [1.54, 1.807) is 6.07 Å². The molecule has 2 aromatic carbocycles. The van der Waals surface area contributed by atoms with E-state index in [9.17, 15) is 18.3 Å². The fourth-order valence-corrected chi connectivity index (χ4v) is 4.43. The summed E-state index contributed by atoms with van der Waals surface area (Å²) in [6, 6.07) is 6.98. The van der Waals surface area contributed by atoms with Crippen LogP contribution in [-0.2, 0) is 15.6 Å². The number of hydrogen-bond acceptors (Lipinski definition) is 5. The van der Waals surface area contributed by atoms with Crippen LogP contribution in [0.4, 0.5) is 0 Å². The van der Waals surface area contributed by atoms with Gasteiger partial charge >= 0.3 is 0 Å². The number of aromatic hydroxyl groups is 1. The first-order chi connectivity index (χ1) is 11.2. The second kappa shape index (κ2) is 7.00. The number of rotatable bonds is 5. The van der Waals surface area contributed by atoms with Crippen LogP contribution in [0.5, 0.6) is 11.5 Å². The molecule has 0 aliphatic rings. The first-order valence-corrected chi connectivity index (χ1v) is 9.35. The molecule has 0 aliphatic heterocycles. The Morgan fingerprint density at radius 3 is 2.58 bits per heavy atom. The molecule has 2 aromatic rings. The largest absolute Gasteiger partial charge is 0.507 e. The minimum absolute atomic E-state index is 0.0293. The lowest BCUT2D eigenvalue weighted by molar-refractivity contribution is 0.0997. The van der Waals surface area contributed by atoms with Gasteiger partial charge in [-0.3, -0.25) is 4.79 Å². The molecule has 0 bridgehead atoms. The van der Waals surface area contributed by atoms with Gasteiger partial charge in [-0.1, -0.05) is 27.5 Å². The first kappa shape index (κ1) is 18.6. The van der Waals surface area contributed by atoms with Gasteiger partial charge in [0.05, 0.1) is 18.4 Å². The Bertz CT molecular complexity index is 914. The van der Waals surface area contributed by atoms with Crippen molar-refractivity contribution in [2.75, 3.05) is 7.11 Å². The quantitative estimate of drug-likeness (QED) is 0.752. The Morgan fingerprint density at radius 2 is 2.00 bits per heavy atom. The smallest absolute Gasteiger partial charge is 0.252 e. The minimum atomic E-state index is -3.89. The van der Waals surface area contributed by atoms with E-state index >= 15 is 0 Å². The van der Waals surface area contributed by atoms with Crippen LogP contribution < -0.4 is 10.5 Å². The van der Waals surface area contributed by atoms with Gasteiger partial charge in [-0.05, 0) is 30.3 Å². The standard InChI is InChI=1S/C15H13BrClNO5S/c1-23-12-3-2-9(16)5-13(12)24(21,22)7-8-4-10(17)6-11(14(8)19)15(18)20/h2-6,19H,7H2,1H3,(H2,18,20). The highest BCUT2D eigenvalue weighted by Gasteiger charge is 2.24. The molecule has 0 spiro atoms. The summed E-state index contributed by atoms with van der Waals surface area (Å²) in [6.07, 6.45) is 0. The van der Waals surface area contributed by atoms with E-state index in [1.165, 1.54) is 31.4 Å². The van der Waals surface area contributed by atoms with Crippen LogP contribution in [-0.4, -0.2) is 26.5 Å². The molecule has 0 saturated heterocycles. The number of methoxy groups -OCH3 is 1. The highest BCUT2D eigenvalue weighted by atomic mass is 79.9. The molecule has 3 N–H and O–H groups in total. The molecular weight excluding hydrogens is 422 g/mol. The lowest BCUT2D eigenvalue weighted by Gasteiger charge is -2.12. The zero-order valence-electron chi connectivity index (χ0n) is 12.4. The number of amides is 1. The van der Waals surface area contributed by atoms with E-state index in [2.05, 4.69) is 15.9 Å². The molecular formula is C15H13BrClNO5S. The molecule has 0 fully saturated rings. The van der Waals surface area contributed by atoms with Crippen molar-refractivity contribution in [1.29, 1.82) is 0 Å². The van der Waals surface area contributed by atoms with Crippen molar-refractivity contribution in [3.63, 3.8) is 0 Å². The van der Waals surface area contributed by atoms with Gasteiger partial charge in [0.2, 0.25) is 0 Å². The number of halogens is 2.